The Labute approximate surface area is 153 Å². The zero-order chi connectivity index (χ0) is 18.5. The van der Waals surface area contributed by atoms with Crippen LogP contribution in [0.5, 0.6) is 5.88 Å². The maximum atomic E-state index is 12.4. The predicted molar refractivity (Wildman–Crippen MR) is 97.3 cm³/mol. The number of aromatic nitrogens is 1. The van der Waals surface area contributed by atoms with Gasteiger partial charge in [0.2, 0.25) is 0 Å². The maximum Gasteiger partial charge on any atom is 0.280 e. The molecule has 0 spiro atoms. The van der Waals surface area contributed by atoms with Gasteiger partial charge in [0.25, 0.3) is 15.0 Å². The second-order valence-corrected chi connectivity index (χ2v) is 8.26. The largest absolute Gasteiger partial charge is 0.494 e. The minimum absolute atomic E-state index is 0.0590. The molecule has 2 N–H and O–H groups in total. The van der Waals surface area contributed by atoms with E-state index in [9.17, 15) is 18.3 Å². The van der Waals surface area contributed by atoms with Gasteiger partial charge in [-0.25, -0.2) is 13.4 Å². The van der Waals surface area contributed by atoms with Crippen LogP contribution in [0.1, 0.15) is 21.5 Å². The van der Waals surface area contributed by atoms with Crippen LogP contribution in [-0.2, 0) is 9.05 Å². The second kappa shape index (κ2) is 5.82. The summed E-state index contributed by atoms with van der Waals surface area (Å²) in [6, 6.07) is 14.8. The molecule has 8 heteroatoms. The van der Waals surface area contributed by atoms with Crippen molar-refractivity contribution in [2.75, 3.05) is 0 Å². The van der Waals surface area contributed by atoms with E-state index in [1.54, 1.807) is 0 Å². The lowest BCUT2D eigenvalue weighted by Crippen LogP contribution is -2.00. The molecule has 1 aliphatic heterocycles. The highest BCUT2D eigenvalue weighted by Crippen LogP contribution is 2.37. The topological polar surface area (TPSA) is 99.6 Å². The minimum Gasteiger partial charge on any atom is -0.494 e. The molecule has 2 heterocycles. The Morgan fingerprint density at radius 2 is 1.58 bits per heavy atom. The monoisotopic (exact) mass is 386 g/mol. The third kappa shape index (κ3) is 2.61. The van der Waals surface area contributed by atoms with Gasteiger partial charge in [0.05, 0.1) is 27.4 Å². The molecule has 1 aromatic heterocycles. The third-order valence-electron chi connectivity index (χ3n) is 4.12. The van der Waals surface area contributed by atoms with Crippen LogP contribution >= 0.6 is 10.7 Å². The summed E-state index contributed by atoms with van der Waals surface area (Å²) < 4.78 is 22.7. The standard InChI is InChI=1S/C18H11ClN2O4S/c19-26(24,25)12-8-6-11(7-9-12)16-14-13(17(22)21-16)15(20-18(14)23)10-4-2-1-3-5-10/h1-9,20,23H. The highest BCUT2D eigenvalue weighted by atomic mass is 35.7. The van der Waals surface area contributed by atoms with Gasteiger partial charge in [-0.3, -0.25) is 4.79 Å². The molecule has 1 amide bonds. The van der Waals surface area contributed by atoms with Crippen LogP contribution in [0.15, 0.2) is 64.5 Å². The van der Waals surface area contributed by atoms with Gasteiger partial charge < -0.3 is 10.1 Å². The van der Waals surface area contributed by atoms with Crippen LogP contribution in [0.25, 0.3) is 11.3 Å². The summed E-state index contributed by atoms with van der Waals surface area (Å²) in [5, 5.41) is 10.3. The van der Waals surface area contributed by atoms with E-state index in [0.29, 0.717) is 16.8 Å². The van der Waals surface area contributed by atoms with Gasteiger partial charge in [-0.15, -0.1) is 0 Å². The first kappa shape index (κ1) is 16.6. The second-order valence-electron chi connectivity index (χ2n) is 5.69. The lowest BCUT2D eigenvalue weighted by molar-refractivity contribution is 0.101. The van der Waals surface area contributed by atoms with Gasteiger partial charge in [0.1, 0.15) is 0 Å². The summed E-state index contributed by atoms with van der Waals surface area (Å²) >= 11 is 0. The van der Waals surface area contributed by atoms with E-state index in [1.165, 1.54) is 24.3 Å². The first-order valence-electron chi connectivity index (χ1n) is 7.55. The number of hydrogen-bond acceptors (Lipinski definition) is 4. The Balaban J connectivity index is 1.83. The molecular weight excluding hydrogens is 376 g/mol. The Morgan fingerprint density at radius 1 is 0.923 bits per heavy atom. The molecule has 6 nitrogen and oxygen atoms in total. The summed E-state index contributed by atoms with van der Waals surface area (Å²) in [5.41, 5.74) is 2.60. The Morgan fingerprint density at radius 3 is 2.19 bits per heavy atom. The predicted octanol–water partition coefficient (Wildman–Crippen LogP) is 3.31. The van der Waals surface area contributed by atoms with Crippen molar-refractivity contribution in [1.82, 2.24) is 4.98 Å². The number of amides is 1. The number of H-pyrrole nitrogens is 1. The van der Waals surface area contributed by atoms with E-state index in [2.05, 4.69) is 9.98 Å². The molecule has 3 aromatic rings. The third-order valence-corrected chi connectivity index (χ3v) is 5.49. The molecule has 0 bridgehead atoms. The number of fused-ring (bicyclic) bond motifs is 1. The van der Waals surface area contributed by atoms with Crippen molar-refractivity contribution < 1.29 is 18.3 Å². The molecule has 4 rings (SSSR count). The maximum absolute atomic E-state index is 12.4. The highest BCUT2D eigenvalue weighted by molar-refractivity contribution is 8.13. The number of rotatable bonds is 3. The Hall–Kier alpha value is -2.90. The number of nitrogens with zero attached hydrogens (tertiary/aromatic N) is 1. The number of benzene rings is 2. The first-order valence-corrected chi connectivity index (χ1v) is 9.86. The fraction of sp³-hybridized carbons (Fsp3) is 0. The van der Waals surface area contributed by atoms with Crippen molar-refractivity contribution in [3.63, 3.8) is 0 Å². The molecule has 26 heavy (non-hydrogen) atoms. The first-order chi connectivity index (χ1) is 12.4. The van der Waals surface area contributed by atoms with Crippen molar-refractivity contribution in [1.29, 1.82) is 0 Å². The van der Waals surface area contributed by atoms with E-state index >= 15 is 0 Å². The van der Waals surface area contributed by atoms with Gasteiger partial charge in [-0.1, -0.05) is 42.5 Å². The Bertz CT molecular complexity index is 1160. The molecule has 0 fully saturated rings. The van der Waals surface area contributed by atoms with E-state index in [4.69, 9.17) is 10.7 Å². The van der Waals surface area contributed by atoms with Crippen LogP contribution in [0.4, 0.5) is 0 Å². The molecular formula is C18H11ClN2O4S. The van der Waals surface area contributed by atoms with Crippen LogP contribution in [0, 0.1) is 0 Å². The molecule has 1 aliphatic rings. The van der Waals surface area contributed by atoms with E-state index in [-0.39, 0.29) is 22.1 Å². The van der Waals surface area contributed by atoms with Gasteiger partial charge >= 0.3 is 0 Å². The SMILES string of the molecule is O=C1N=C(c2ccc(S(=O)(=O)Cl)cc2)c2c(O)[nH]c(-c3ccccc3)c21. The zero-order valence-corrected chi connectivity index (χ0v) is 14.7. The normalized spacial score (nSPS) is 13.6. The summed E-state index contributed by atoms with van der Waals surface area (Å²) in [6.45, 7) is 0. The summed E-state index contributed by atoms with van der Waals surface area (Å²) in [6.07, 6.45) is 0. The molecule has 0 atom stereocenters. The van der Waals surface area contributed by atoms with Gasteiger partial charge in [0.15, 0.2) is 5.88 Å². The van der Waals surface area contributed by atoms with Gasteiger partial charge in [-0.2, -0.15) is 0 Å². The number of carbonyl (C=O) groups excluding carboxylic acids is 1. The summed E-state index contributed by atoms with van der Waals surface area (Å²) in [5.74, 6) is -0.642. The van der Waals surface area contributed by atoms with Gasteiger partial charge in [0, 0.05) is 16.2 Å². The van der Waals surface area contributed by atoms with Crippen molar-refractivity contribution in [3.8, 4) is 17.1 Å². The molecule has 130 valence electrons. The van der Waals surface area contributed by atoms with Crippen LogP contribution in [0.3, 0.4) is 0 Å². The molecule has 2 aromatic carbocycles. The van der Waals surface area contributed by atoms with Crippen LogP contribution < -0.4 is 0 Å². The fourth-order valence-electron chi connectivity index (χ4n) is 2.95. The van der Waals surface area contributed by atoms with E-state index in [1.807, 2.05) is 30.3 Å². The molecule has 0 aliphatic carbocycles. The van der Waals surface area contributed by atoms with E-state index in [0.717, 1.165) is 5.56 Å². The number of aromatic hydroxyl groups is 1. The average Bonchev–Trinajstić information content (AvgIpc) is 3.14. The summed E-state index contributed by atoms with van der Waals surface area (Å²) in [4.78, 5) is 19.3. The zero-order valence-electron chi connectivity index (χ0n) is 13.1. The van der Waals surface area contributed by atoms with Crippen LogP contribution in [-0.4, -0.2) is 30.1 Å². The van der Waals surface area contributed by atoms with Crippen molar-refractivity contribution in [3.05, 3.63) is 71.3 Å². The lowest BCUT2D eigenvalue weighted by Gasteiger charge is -2.02. The number of halogens is 1. The molecule has 0 saturated carbocycles. The van der Waals surface area contributed by atoms with Crippen molar-refractivity contribution in [2.45, 2.75) is 4.90 Å². The quantitative estimate of drug-likeness (QED) is 0.674. The number of nitrogens with one attached hydrogen (secondary N) is 1. The number of hydrogen-bond donors (Lipinski definition) is 2. The lowest BCUT2D eigenvalue weighted by atomic mass is 10.0. The molecule has 0 radical (unpaired) electrons. The smallest absolute Gasteiger partial charge is 0.280 e. The van der Waals surface area contributed by atoms with E-state index < -0.39 is 15.0 Å². The number of carbonyl (C=O) groups is 1. The average molecular weight is 387 g/mol. The Kier molecular flexibility index (Phi) is 3.71. The van der Waals surface area contributed by atoms with Gasteiger partial charge in [-0.05, 0) is 17.7 Å². The summed E-state index contributed by atoms with van der Waals surface area (Å²) in [7, 11) is 1.47. The van der Waals surface area contributed by atoms with Crippen molar-refractivity contribution in [2.24, 2.45) is 4.99 Å². The number of aliphatic imine (C=N–C) groups is 1. The number of aromatic amines is 1. The van der Waals surface area contributed by atoms with Crippen molar-refractivity contribution >= 4 is 31.4 Å². The van der Waals surface area contributed by atoms with Crippen LogP contribution in [0.2, 0.25) is 0 Å². The molecule has 0 unspecified atom stereocenters. The molecule has 0 saturated heterocycles. The highest BCUT2D eigenvalue weighted by Gasteiger charge is 2.33. The minimum atomic E-state index is -3.84. The fourth-order valence-corrected chi connectivity index (χ4v) is 3.72.